The van der Waals surface area contributed by atoms with E-state index in [-0.39, 0.29) is 49.1 Å². The van der Waals surface area contributed by atoms with Crippen LogP contribution < -0.4 is 26.0 Å². The molecule has 0 bridgehead atoms. The molecular weight excluding hydrogens is 670 g/mol. The van der Waals surface area contributed by atoms with Gasteiger partial charge in [0.05, 0.1) is 5.56 Å². The van der Waals surface area contributed by atoms with Crippen LogP contribution in [0.4, 0.5) is 35.0 Å². The number of Topliss-reactive ketones (excluding diaryl/α,β-unsaturated/α-hetero) is 1. The average Bonchev–Trinajstić information content (AvgIpc) is 3.06. The highest BCUT2D eigenvalue weighted by Crippen LogP contribution is 2.23. The molecule has 0 fully saturated rings. The van der Waals surface area contributed by atoms with E-state index >= 15 is 0 Å². The number of carbonyl (C=O) groups is 3. The Hall–Kier alpha value is -5.31. The minimum absolute atomic E-state index is 0.0791. The van der Waals surface area contributed by atoms with Crippen molar-refractivity contribution >= 4 is 46.7 Å². The monoisotopic (exact) mass is 701 g/mol. The summed E-state index contributed by atoms with van der Waals surface area (Å²) < 4.78 is 56.2. The van der Waals surface area contributed by atoms with E-state index in [4.69, 9.17) is 16.3 Å². The molecule has 0 aliphatic rings. The van der Waals surface area contributed by atoms with E-state index in [1.165, 1.54) is 48.7 Å². The summed E-state index contributed by atoms with van der Waals surface area (Å²) >= 11 is 5.92. The molecule has 0 aliphatic carbocycles. The van der Waals surface area contributed by atoms with Gasteiger partial charge in [0.15, 0.2) is 6.61 Å². The smallest absolute Gasteiger partial charge is 0.422 e. The Bertz CT molecular complexity index is 1760. The molecular formula is C33H32ClF4N7O4. The van der Waals surface area contributed by atoms with Crippen LogP contribution in [0.2, 0.25) is 5.02 Å². The van der Waals surface area contributed by atoms with Crippen molar-refractivity contribution in [2.45, 2.75) is 33.0 Å². The van der Waals surface area contributed by atoms with Crippen LogP contribution in [0.15, 0.2) is 72.9 Å². The summed E-state index contributed by atoms with van der Waals surface area (Å²) in [6.45, 7) is 2.51. The third-order valence-electron chi connectivity index (χ3n) is 6.73. The number of aromatic nitrogens is 3. The van der Waals surface area contributed by atoms with Gasteiger partial charge in [0, 0.05) is 43.3 Å². The van der Waals surface area contributed by atoms with Crippen molar-refractivity contribution < 1.29 is 36.7 Å². The molecule has 0 atom stereocenters. The number of anilines is 3. The fourth-order valence-corrected chi connectivity index (χ4v) is 4.22. The van der Waals surface area contributed by atoms with Crippen LogP contribution in [0.25, 0.3) is 0 Å². The minimum atomic E-state index is -4.60. The van der Waals surface area contributed by atoms with Crippen molar-refractivity contribution in [1.82, 2.24) is 25.6 Å². The predicted molar refractivity (Wildman–Crippen MR) is 174 cm³/mol. The first-order valence-corrected chi connectivity index (χ1v) is 15.2. The van der Waals surface area contributed by atoms with Crippen LogP contribution >= 0.6 is 11.6 Å². The van der Waals surface area contributed by atoms with Crippen molar-refractivity contribution in [2.24, 2.45) is 5.41 Å². The molecule has 2 aromatic heterocycles. The Kier molecular flexibility index (Phi) is 12.1. The van der Waals surface area contributed by atoms with Gasteiger partial charge in [-0.05, 0) is 52.9 Å². The normalized spacial score (nSPS) is 11.4. The van der Waals surface area contributed by atoms with E-state index in [0.29, 0.717) is 10.6 Å². The summed E-state index contributed by atoms with van der Waals surface area (Å²) in [5, 5.41) is 11.8. The molecule has 0 saturated heterocycles. The van der Waals surface area contributed by atoms with Gasteiger partial charge < -0.3 is 26.0 Å². The maximum atomic E-state index is 13.1. The van der Waals surface area contributed by atoms with Crippen LogP contribution in [0, 0.1) is 11.2 Å². The van der Waals surface area contributed by atoms with Crippen molar-refractivity contribution in [2.75, 3.05) is 30.3 Å². The zero-order valence-corrected chi connectivity index (χ0v) is 27.1. The van der Waals surface area contributed by atoms with E-state index in [1.54, 1.807) is 38.1 Å². The lowest BCUT2D eigenvalue weighted by molar-refractivity contribution is -0.154. The lowest BCUT2D eigenvalue weighted by Gasteiger charge is -2.25. The highest BCUT2D eigenvalue weighted by Gasteiger charge is 2.29. The highest BCUT2D eigenvalue weighted by atomic mass is 35.5. The number of carbonyl (C=O) groups excluding carboxylic acids is 3. The molecule has 0 spiro atoms. The van der Waals surface area contributed by atoms with Gasteiger partial charge in [0.1, 0.15) is 23.3 Å². The topological polar surface area (TPSA) is 147 Å². The predicted octanol–water partition coefficient (Wildman–Crippen LogP) is 5.64. The molecule has 0 saturated carbocycles. The van der Waals surface area contributed by atoms with Crippen LogP contribution in [0.5, 0.6) is 6.01 Å². The number of amides is 2. The number of pyridine rings is 1. The summed E-state index contributed by atoms with van der Waals surface area (Å²) in [6.07, 6.45) is -3.48. The lowest BCUT2D eigenvalue weighted by Crippen LogP contribution is -2.44. The maximum absolute atomic E-state index is 13.1. The first-order chi connectivity index (χ1) is 23.1. The zero-order valence-electron chi connectivity index (χ0n) is 26.3. The largest absolute Gasteiger partial charge is 0.454 e. The van der Waals surface area contributed by atoms with E-state index in [9.17, 15) is 31.9 Å². The van der Waals surface area contributed by atoms with Gasteiger partial charge in [-0.15, -0.1) is 0 Å². The second-order valence-corrected chi connectivity index (χ2v) is 12.1. The summed E-state index contributed by atoms with van der Waals surface area (Å²) in [6, 6.07) is 16.1. The molecule has 4 N–H and O–H groups in total. The summed E-state index contributed by atoms with van der Waals surface area (Å²) in [5.74, 6) is -1.88. The standard InChI is InChI=1S/C33H32ClF4N7O4/c1-32(2,18-42-30(48)25(46)13-20-5-10-24(35)11-6-20)17-41-29(47)22-7-12-26(40-16-22)43-28-14-27(39-15-21-3-8-23(34)9-4-21)44-31(45-28)49-19-33(36,37)38/h3-12,14,16H,13,15,17-19H2,1-2H3,(H,41,47)(H,42,48)(H2,39,40,43,44,45). The molecule has 16 heteroatoms. The average molecular weight is 702 g/mol. The summed E-state index contributed by atoms with van der Waals surface area (Å²) in [5.41, 5.74) is 0.926. The molecule has 49 heavy (non-hydrogen) atoms. The van der Waals surface area contributed by atoms with Crippen molar-refractivity contribution in [3.63, 3.8) is 0 Å². The number of halogens is 5. The second-order valence-electron chi connectivity index (χ2n) is 11.6. The van der Waals surface area contributed by atoms with Crippen molar-refractivity contribution in [3.8, 4) is 6.01 Å². The van der Waals surface area contributed by atoms with E-state index in [2.05, 4.69) is 36.2 Å². The molecule has 11 nitrogen and oxygen atoms in total. The van der Waals surface area contributed by atoms with E-state index in [0.717, 1.165) is 5.56 Å². The third-order valence-corrected chi connectivity index (χ3v) is 6.98. The lowest BCUT2D eigenvalue weighted by atomic mass is 9.93. The second kappa shape index (κ2) is 16.2. The van der Waals surface area contributed by atoms with Gasteiger partial charge in [0.2, 0.25) is 5.78 Å². The molecule has 4 aromatic rings. The minimum Gasteiger partial charge on any atom is -0.454 e. The van der Waals surface area contributed by atoms with Gasteiger partial charge in [-0.25, -0.2) is 9.37 Å². The number of benzene rings is 2. The van der Waals surface area contributed by atoms with E-state index < -0.39 is 47.6 Å². The quantitative estimate of drug-likeness (QED) is 0.0913. The molecule has 4 rings (SSSR count). The van der Waals surface area contributed by atoms with Crippen LogP contribution in [0.1, 0.15) is 35.3 Å². The molecule has 258 valence electrons. The molecule has 0 unspecified atom stereocenters. The fourth-order valence-electron chi connectivity index (χ4n) is 4.09. The van der Waals surface area contributed by atoms with Crippen LogP contribution in [-0.4, -0.2) is 58.4 Å². The first-order valence-electron chi connectivity index (χ1n) is 14.8. The number of hydrogen-bond donors (Lipinski definition) is 4. The number of ketones is 1. The zero-order chi connectivity index (χ0) is 35.6. The van der Waals surface area contributed by atoms with Crippen molar-refractivity contribution in [1.29, 1.82) is 0 Å². The SMILES string of the molecule is CC(C)(CNC(=O)C(=O)Cc1ccc(F)cc1)CNC(=O)c1ccc(Nc2cc(NCc3ccc(Cl)cc3)nc(OCC(F)(F)F)n2)nc1. The number of nitrogens with one attached hydrogen (secondary N) is 4. The summed E-state index contributed by atoms with van der Waals surface area (Å²) in [4.78, 5) is 49.5. The van der Waals surface area contributed by atoms with Gasteiger partial charge >= 0.3 is 12.2 Å². The first kappa shape index (κ1) is 36.5. The Morgan fingerprint density at radius 2 is 1.49 bits per heavy atom. The molecule has 2 amide bonds. The molecule has 2 aromatic carbocycles. The summed E-state index contributed by atoms with van der Waals surface area (Å²) in [7, 11) is 0. The van der Waals surface area contributed by atoms with Crippen LogP contribution in [0.3, 0.4) is 0 Å². The maximum Gasteiger partial charge on any atom is 0.422 e. The Labute approximate surface area is 283 Å². The van der Waals surface area contributed by atoms with Gasteiger partial charge in [0.25, 0.3) is 11.8 Å². The number of alkyl halides is 3. The van der Waals surface area contributed by atoms with E-state index in [1.807, 2.05) is 0 Å². The fraction of sp³-hybridized carbons (Fsp3) is 0.273. The number of hydrogen-bond acceptors (Lipinski definition) is 9. The van der Waals surface area contributed by atoms with Crippen molar-refractivity contribution in [3.05, 3.63) is 100 Å². The molecule has 2 heterocycles. The number of ether oxygens (including phenoxy) is 1. The molecule has 0 radical (unpaired) electrons. The van der Waals surface area contributed by atoms with Gasteiger partial charge in [-0.2, -0.15) is 23.1 Å². The Morgan fingerprint density at radius 3 is 2.14 bits per heavy atom. The number of nitrogens with zero attached hydrogens (tertiary/aromatic N) is 3. The molecule has 0 aliphatic heterocycles. The third kappa shape index (κ3) is 12.3. The Morgan fingerprint density at radius 1 is 0.837 bits per heavy atom. The highest BCUT2D eigenvalue weighted by molar-refractivity contribution is 6.36. The Balaban J connectivity index is 1.31. The van der Waals surface area contributed by atoms with Gasteiger partial charge in [-0.1, -0.05) is 49.7 Å². The van der Waals surface area contributed by atoms with Gasteiger partial charge in [-0.3, -0.25) is 14.4 Å². The van der Waals surface area contributed by atoms with Crippen LogP contribution in [-0.2, 0) is 22.6 Å². The number of rotatable bonds is 15.